The van der Waals surface area contributed by atoms with E-state index in [4.69, 9.17) is 5.73 Å². The highest BCUT2D eigenvalue weighted by Crippen LogP contribution is 2.60. The summed E-state index contributed by atoms with van der Waals surface area (Å²) in [5.41, 5.74) is 7.71. The van der Waals surface area contributed by atoms with Crippen LogP contribution in [0.4, 0.5) is 0 Å². The summed E-state index contributed by atoms with van der Waals surface area (Å²) in [6.07, 6.45) is 6.59. The fourth-order valence-corrected chi connectivity index (χ4v) is 3.10. The van der Waals surface area contributed by atoms with E-state index in [0.29, 0.717) is 18.3 Å². The molecule has 0 aliphatic heterocycles. The maximum atomic E-state index is 11.9. The molecule has 2 fully saturated rings. The second-order valence-electron chi connectivity index (χ2n) is 6.47. The smallest absolute Gasteiger partial charge is 0.220 e. The second-order valence-corrected chi connectivity index (χ2v) is 6.47. The topological polar surface area (TPSA) is 55.1 Å². The molecular weight excluding hydrogens is 248 g/mol. The van der Waals surface area contributed by atoms with Crippen molar-refractivity contribution in [2.45, 2.75) is 44.6 Å². The highest BCUT2D eigenvalue weighted by molar-refractivity contribution is 5.76. The normalized spacial score (nSPS) is 21.2. The average Bonchev–Trinajstić information content (AvgIpc) is 3.36. The minimum atomic E-state index is -0.0414. The van der Waals surface area contributed by atoms with Crippen LogP contribution in [0.1, 0.15) is 50.1 Å². The highest BCUT2D eigenvalue weighted by atomic mass is 16.1. The maximum Gasteiger partial charge on any atom is 0.220 e. The number of rotatable bonds is 7. The molecule has 1 atom stereocenters. The highest BCUT2D eigenvalue weighted by Gasteiger charge is 2.53. The molecule has 0 radical (unpaired) electrons. The molecule has 1 aromatic carbocycles. The van der Waals surface area contributed by atoms with Crippen LogP contribution >= 0.6 is 0 Å². The third-order valence-corrected chi connectivity index (χ3v) is 4.88. The van der Waals surface area contributed by atoms with Gasteiger partial charge < -0.3 is 11.1 Å². The van der Waals surface area contributed by atoms with Crippen LogP contribution in [-0.2, 0) is 4.79 Å². The van der Waals surface area contributed by atoms with Crippen molar-refractivity contribution >= 4 is 5.91 Å². The van der Waals surface area contributed by atoms with Crippen LogP contribution in [0.3, 0.4) is 0 Å². The van der Waals surface area contributed by atoms with Gasteiger partial charge in [-0.05, 0) is 49.0 Å². The van der Waals surface area contributed by atoms with Gasteiger partial charge in [-0.2, -0.15) is 0 Å². The molecule has 20 heavy (non-hydrogen) atoms. The van der Waals surface area contributed by atoms with Crippen molar-refractivity contribution in [1.29, 1.82) is 0 Å². The Bertz CT molecular complexity index is 463. The second kappa shape index (κ2) is 5.57. The van der Waals surface area contributed by atoms with Crippen molar-refractivity contribution in [1.82, 2.24) is 5.32 Å². The summed E-state index contributed by atoms with van der Waals surface area (Å²) in [7, 11) is 0. The Labute approximate surface area is 120 Å². The van der Waals surface area contributed by atoms with Gasteiger partial charge in [-0.25, -0.2) is 0 Å². The quantitative estimate of drug-likeness (QED) is 0.802. The molecule has 3 nitrogen and oxygen atoms in total. The third kappa shape index (κ3) is 3.21. The molecule has 1 aromatic rings. The zero-order valence-electron chi connectivity index (χ0n) is 12.0. The molecule has 108 valence electrons. The lowest BCUT2D eigenvalue weighted by Gasteiger charge is -2.16. The van der Waals surface area contributed by atoms with E-state index in [1.54, 1.807) is 0 Å². The fraction of sp³-hybridized carbons (Fsp3) is 0.588. The summed E-state index contributed by atoms with van der Waals surface area (Å²) in [4.78, 5) is 11.9. The van der Waals surface area contributed by atoms with Gasteiger partial charge in [0.05, 0.1) is 0 Å². The van der Waals surface area contributed by atoms with Crippen molar-refractivity contribution in [3.05, 3.63) is 35.9 Å². The molecule has 0 spiro atoms. The maximum absolute atomic E-state index is 11.9. The zero-order chi connectivity index (χ0) is 14.0. The first-order chi connectivity index (χ1) is 9.70. The van der Waals surface area contributed by atoms with Gasteiger partial charge in [-0.1, -0.05) is 30.3 Å². The lowest BCUT2D eigenvalue weighted by atomic mass is 10.00. The van der Waals surface area contributed by atoms with Crippen molar-refractivity contribution in [3.63, 3.8) is 0 Å². The first kappa shape index (κ1) is 13.6. The molecule has 3 rings (SSSR count). The van der Waals surface area contributed by atoms with E-state index in [1.165, 1.54) is 25.7 Å². The van der Waals surface area contributed by atoms with E-state index in [0.717, 1.165) is 18.0 Å². The van der Waals surface area contributed by atoms with E-state index in [-0.39, 0.29) is 11.9 Å². The molecule has 0 saturated heterocycles. The van der Waals surface area contributed by atoms with Crippen LogP contribution in [0.5, 0.6) is 0 Å². The number of nitrogens with one attached hydrogen (secondary N) is 1. The van der Waals surface area contributed by atoms with Crippen molar-refractivity contribution in [2.75, 3.05) is 6.54 Å². The minimum Gasteiger partial charge on any atom is -0.356 e. The Hall–Kier alpha value is -1.35. The Morgan fingerprint density at radius 2 is 2.00 bits per heavy atom. The summed E-state index contributed by atoms with van der Waals surface area (Å²) < 4.78 is 0. The average molecular weight is 272 g/mol. The summed E-state index contributed by atoms with van der Waals surface area (Å²) in [6.45, 7) is 0.886. The first-order valence-electron chi connectivity index (χ1n) is 7.77. The summed E-state index contributed by atoms with van der Waals surface area (Å²) in [5, 5.41) is 3.12. The van der Waals surface area contributed by atoms with E-state index < -0.39 is 0 Å². The molecule has 0 heterocycles. The van der Waals surface area contributed by atoms with Gasteiger partial charge in [-0.15, -0.1) is 0 Å². The molecule has 2 aliphatic rings. The predicted octanol–water partition coefficient (Wildman–Crippen LogP) is 2.77. The van der Waals surface area contributed by atoms with E-state index in [1.807, 2.05) is 30.3 Å². The van der Waals surface area contributed by atoms with Gasteiger partial charge in [0.2, 0.25) is 5.91 Å². The molecule has 2 saturated carbocycles. The largest absolute Gasteiger partial charge is 0.356 e. The van der Waals surface area contributed by atoms with Gasteiger partial charge in [0.15, 0.2) is 0 Å². The van der Waals surface area contributed by atoms with Gasteiger partial charge in [0.1, 0.15) is 0 Å². The molecule has 0 bridgehead atoms. The molecule has 1 unspecified atom stereocenters. The fourth-order valence-electron chi connectivity index (χ4n) is 3.10. The number of nitrogens with two attached hydrogens (primary N) is 1. The van der Waals surface area contributed by atoms with E-state index in [9.17, 15) is 4.79 Å². The van der Waals surface area contributed by atoms with Crippen LogP contribution in [-0.4, -0.2) is 12.5 Å². The van der Waals surface area contributed by atoms with Gasteiger partial charge in [0.25, 0.3) is 0 Å². The summed E-state index contributed by atoms with van der Waals surface area (Å²) in [6, 6.07) is 9.96. The Morgan fingerprint density at radius 1 is 1.30 bits per heavy atom. The van der Waals surface area contributed by atoms with Crippen LogP contribution in [0, 0.1) is 11.3 Å². The van der Waals surface area contributed by atoms with Crippen LogP contribution in [0.15, 0.2) is 30.3 Å². The lowest BCUT2D eigenvalue weighted by molar-refractivity contribution is -0.121. The summed E-state index contributed by atoms with van der Waals surface area (Å²) >= 11 is 0. The lowest BCUT2D eigenvalue weighted by Crippen LogP contribution is -2.31. The van der Waals surface area contributed by atoms with Crippen LogP contribution in [0.2, 0.25) is 0 Å². The Morgan fingerprint density at radius 3 is 2.60 bits per heavy atom. The molecule has 1 amide bonds. The SMILES string of the molecule is NC(CCC(=O)NCC1(C2CC2)CC1)c1ccccc1. The summed E-state index contributed by atoms with van der Waals surface area (Å²) in [5.74, 6) is 1.05. The Balaban J connectivity index is 1.39. The number of carbonyl (C=O) groups excluding carboxylic acids is 1. The number of benzene rings is 1. The predicted molar refractivity (Wildman–Crippen MR) is 80.0 cm³/mol. The third-order valence-electron chi connectivity index (χ3n) is 4.88. The minimum absolute atomic E-state index is 0.0414. The zero-order valence-corrected chi connectivity index (χ0v) is 12.0. The number of hydrogen-bond donors (Lipinski definition) is 2. The van der Waals surface area contributed by atoms with Crippen molar-refractivity contribution in [3.8, 4) is 0 Å². The van der Waals surface area contributed by atoms with Crippen molar-refractivity contribution < 1.29 is 4.79 Å². The van der Waals surface area contributed by atoms with E-state index in [2.05, 4.69) is 5.32 Å². The number of amides is 1. The molecular formula is C17H24N2O. The number of carbonyl (C=O) groups is 1. The van der Waals surface area contributed by atoms with Crippen LogP contribution < -0.4 is 11.1 Å². The molecule has 2 aliphatic carbocycles. The standard InChI is InChI=1S/C17H24N2O/c18-15(13-4-2-1-3-5-13)8-9-16(20)19-12-17(10-11-17)14-6-7-14/h1-5,14-15H,6-12,18H2,(H,19,20). The van der Waals surface area contributed by atoms with Gasteiger partial charge in [0, 0.05) is 19.0 Å². The molecule has 3 heteroatoms. The first-order valence-corrected chi connectivity index (χ1v) is 7.77. The molecule has 3 N–H and O–H groups in total. The monoisotopic (exact) mass is 272 g/mol. The molecule has 0 aromatic heterocycles. The van der Waals surface area contributed by atoms with Gasteiger partial charge in [-0.3, -0.25) is 4.79 Å². The van der Waals surface area contributed by atoms with E-state index >= 15 is 0 Å². The van der Waals surface area contributed by atoms with Gasteiger partial charge >= 0.3 is 0 Å². The van der Waals surface area contributed by atoms with Crippen LogP contribution in [0.25, 0.3) is 0 Å². The Kier molecular flexibility index (Phi) is 3.79. The van der Waals surface area contributed by atoms with Crippen molar-refractivity contribution in [2.24, 2.45) is 17.1 Å². The number of hydrogen-bond acceptors (Lipinski definition) is 2.